The Balaban J connectivity index is 0.00000264. The SMILES string of the molecule is COC(=O)c1cccc([C@@H](N2CCNCC2)C(C)(C)CO)c1.Cl. The number of nitrogens with zero attached hydrogens (tertiary/aromatic N) is 1. The van der Waals surface area contributed by atoms with Gasteiger partial charge in [-0.25, -0.2) is 4.79 Å². The molecule has 1 aromatic carbocycles. The number of benzene rings is 1. The van der Waals surface area contributed by atoms with E-state index in [0.717, 1.165) is 31.7 Å². The highest BCUT2D eigenvalue weighted by molar-refractivity contribution is 5.89. The van der Waals surface area contributed by atoms with E-state index in [-0.39, 0.29) is 36.4 Å². The summed E-state index contributed by atoms with van der Waals surface area (Å²) < 4.78 is 4.82. The van der Waals surface area contributed by atoms with Crippen molar-refractivity contribution in [3.63, 3.8) is 0 Å². The molecule has 6 heteroatoms. The van der Waals surface area contributed by atoms with Gasteiger partial charge in [0, 0.05) is 44.2 Å². The number of methoxy groups -OCH3 is 1. The lowest BCUT2D eigenvalue weighted by Crippen LogP contribution is -2.49. The molecular formula is C17H27ClN2O3. The predicted octanol–water partition coefficient (Wildman–Crippen LogP) is 1.86. The molecule has 2 rings (SSSR count). The Morgan fingerprint density at radius 3 is 2.61 bits per heavy atom. The van der Waals surface area contributed by atoms with E-state index in [1.807, 2.05) is 18.2 Å². The van der Waals surface area contributed by atoms with Gasteiger partial charge >= 0.3 is 5.97 Å². The number of esters is 1. The van der Waals surface area contributed by atoms with Crippen LogP contribution in [0.2, 0.25) is 0 Å². The lowest BCUT2D eigenvalue weighted by Gasteiger charge is -2.43. The molecule has 5 nitrogen and oxygen atoms in total. The van der Waals surface area contributed by atoms with Gasteiger partial charge in [-0.15, -0.1) is 12.4 Å². The number of carbonyl (C=O) groups excluding carboxylic acids is 1. The van der Waals surface area contributed by atoms with Crippen LogP contribution in [0, 0.1) is 5.41 Å². The zero-order valence-corrected chi connectivity index (χ0v) is 14.9. The Morgan fingerprint density at radius 1 is 1.39 bits per heavy atom. The quantitative estimate of drug-likeness (QED) is 0.800. The highest BCUT2D eigenvalue weighted by atomic mass is 35.5. The summed E-state index contributed by atoms with van der Waals surface area (Å²) in [5, 5.41) is 13.2. The maximum atomic E-state index is 11.8. The normalized spacial score (nSPS) is 17.2. The second-order valence-corrected chi connectivity index (χ2v) is 6.45. The van der Waals surface area contributed by atoms with Crippen molar-refractivity contribution in [1.82, 2.24) is 10.2 Å². The van der Waals surface area contributed by atoms with Crippen molar-refractivity contribution in [1.29, 1.82) is 0 Å². The molecule has 0 saturated carbocycles. The summed E-state index contributed by atoms with van der Waals surface area (Å²) >= 11 is 0. The van der Waals surface area contributed by atoms with Gasteiger partial charge in [-0.3, -0.25) is 4.90 Å². The van der Waals surface area contributed by atoms with Crippen LogP contribution >= 0.6 is 12.4 Å². The highest BCUT2D eigenvalue weighted by Gasteiger charge is 2.35. The number of ether oxygens (including phenoxy) is 1. The second kappa shape index (κ2) is 8.64. The van der Waals surface area contributed by atoms with Crippen molar-refractivity contribution < 1.29 is 14.6 Å². The molecule has 1 aromatic rings. The van der Waals surface area contributed by atoms with Gasteiger partial charge in [-0.1, -0.05) is 26.0 Å². The molecule has 1 atom stereocenters. The van der Waals surface area contributed by atoms with Gasteiger partial charge in [0.2, 0.25) is 0 Å². The first-order valence-corrected chi connectivity index (χ1v) is 7.73. The first kappa shape index (κ1) is 19.9. The summed E-state index contributed by atoms with van der Waals surface area (Å²) in [7, 11) is 1.39. The Hall–Kier alpha value is -1.14. The van der Waals surface area contributed by atoms with Crippen LogP contribution < -0.4 is 5.32 Å². The van der Waals surface area contributed by atoms with E-state index in [2.05, 4.69) is 24.1 Å². The molecule has 2 N–H and O–H groups in total. The minimum atomic E-state index is -0.331. The van der Waals surface area contributed by atoms with Gasteiger partial charge in [0.25, 0.3) is 0 Å². The first-order valence-electron chi connectivity index (χ1n) is 7.73. The van der Waals surface area contributed by atoms with Crippen LogP contribution in [-0.4, -0.2) is 55.9 Å². The van der Waals surface area contributed by atoms with Crippen molar-refractivity contribution in [2.24, 2.45) is 5.41 Å². The Kier molecular flexibility index (Phi) is 7.48. The van der Waals surface area contributed by atoms with Crippen LogP contribution in [0.3, 0.4) is 0 Å². The summed E-state index contributed by atoms with van der Waals surface area (Å²) in [5.41, 5.74) is 1.30. The van der Waals surface area contributed by atoms with E-state index in [9.17, 15) is 9.90 Å². The van der Waals surface area contributed by atoms with Crippen LogP contribution in [0.1, 0.15) is 35.8 Å². The summed E-state index contributed by atoms with van der Waals surface area (Å²) in [6.45, 7) is 7.94. The van der Waals surface area contributed by atoms with Gasteiger partial charge in [0.1, 0.15) is 0 Å². The average molecular weight is 343 g/mol. The predicted molar refractivity (Wildman–Crippen MR) is 93.1 cm³/mol. The largest absolute Gasteiger partial charge is 0.465 e. The van der Waals surface area contributed by atoms with E-state index in [1.165, 1.54) is 7.11 Å². The molecule has 1 heterocycles. The number of carbonyl (C=O) groups is 1. The van der Waals surface area contributed by atoms with Crippen LogP contribution in [0.25, 0.3) is 0 Å². The van der Waals surface area contributed by atoms with Crippen molar-refractivity contribution in [2.75, 3.05) is 39.9 Å². The van der Waals surface area contributed by atoms with Gasteiger partial charge < -0.3 is 15.2 Å². The number of piperazine rings is 1. The van der Waals surface area contributed by atoms with Crippen LogP contribution in [-0.2, 0) is 4.74 Å². The number of aliphatic hydroxyl groups excluding tert-OH is 1. The maximum absolute atomic E-state index is 11.8. The molecule has 1 aliphatic rings. The van der Waals surface area contributed by atoms with Gasteiger partial charge in [-0.05, 0) is 17.7 Å². The lowest BCUT2D eigenvalue weighted by atomic mass is 9.79. The molecule has 23 heavy (non-hydrogen) atoms. The number of rotatable bonds is 5. The molecule has 0 radical (unpaired) electrons. The summed E-state index contributed by atoms with van der Waals surface area (Å²) in [4.78, 5) is 14.2. The van der Waals surface area contributed by atoms with Crippen molar-refractivity contribution in [2.45, 2.75) is 19.9 Å². The summed E-state index contributed by atoms with van der Waals surface area (Å²) in [6, 6.07) is 7.61. The molecule has 0 unspecified atom stereocenters. The molecule has 0 amide bonds. The Bertz CT molecular complexity index is 516. The summed E-state index contributed by atoms with van der Waals surface area (Å²) in [6.07, 6.45) is 0. The van der Waals surface area contributed by atoms with Crippen molar-refractivity contribution >= 4 is 18.4 Å². The Labute approximate surface area is 144 Å². The molecule has 0 aliphatic carbocycles. The first-order chi connectivity index (χ1) is 10.5. The molecule has 1 fully saturated rings. The minimum absolute atomic E-state index is 0. The van der Waals surface area contributed by atoms with Crippen LogP contribution in [0.4, 0.5) is 0 Å². The minimum Gasteiger partial charge on any atom is -0.465 e. The lowest BCUT2D eigenvalue weighted by molar-refractivity contribution is 0.0304. The molecule has 1 aliphatic heterocycles. The third-order valence-corrected chi connectivity index (χ3v) is 4.29. The maximum Gasteiger partial charge on any atom is 0.337 e. The molecule has 0 aromatic heterocycles. The zero-order valence-electron chi connectivity index (χ0n) is 14.0. The van der Waals surface area contributed by atoms with Gasteiger partial charge in [0.05, 0.1) is 12.7 Å². The third kappa shape index (κ3) is 4.67. The third-order valence-electron chi connectivity index (χ3n) is 4.29. The Morgan fingerprint density at radius 2 is 2.04 bits per heavy atom. The second-order valence-electron chi connectivity index (χ2n) is 6.45. The topological polar surface area (TPSA) is 61.8 Å². The molecule has 0 bridgehead atoms. The number of hydrogen-bond acceptors (Lipinski definition) is 5. The number of hydrogen-bond donors (Lipinski definition) is 2. The zero-order chi connectivity index (χ0) is 16.2. The smallest absolute Gasteiger partial charge is 0.337 e. The average Bonchev–Trinajstić information content (AvgIpc) is 2.55. The molecule has 0 spiro atoms. The van der Waals surface area contributed by atoms with Gasteiger partial charge in [0.15, 0.2) is 0 Å². The van der Waals surface area contributed by atoms with Crippen LogP contribution in [0.15, 0.2) is 24.3 Å². The number of halogens is 1. The molecule has 1 saturated heterocycles. The summed E-state index contributed by atoms with van der Waals surface area (Å²) in [5.74, 6) is -0.331. The number of aliphatic hydroxyl groups is 1. The van der Waals surface area contributed by atoms with E-state index < -0.39 is 0 Å². The van der Waals surface area contributed by atoms with E-state index >= 15 is 0 Å². The van der Waals surface area contributed by atoms with E-state index in [1.54, 1.807) is 6.07 Å². The molecule has 130 valence electrons. The fraction of sp³-hybridized carbons (Fsp3) is 0.588. The monoisotopic (exact) mass is 342 g/mol. The van der Waals surface area contributed by atoms with E-state index in [0.29, 0.717) is 5.56 Å². The standard InChI is InChI=1S/C17H26N2O3.ClH/c1-17(2,12-20)15(19-9-7-18-8-10-19)13-5-4-6-14(11-13)16(21)22-3;/h4-6,11,15,18,20H,7-10,12H2,1-3H3;1H/t15-;/m1./s1. The highest BCUT2D eigenvalue weighted by Crippen LogP contribution is 2.38. The molecular weight excluding hydrogens is 316 g/mol. The van der Waals surface area contributed by atoms with Gasteiger partial charge in [-0.2, -0.15) is 0 Å². The fourth-order valence-corrected chi connectivity index (χ4v) is 3.14. The van der Waals surface area contributed by atoms with E-state index in [4.69, 9.17) is 4.74 Å². The van der Waals surface area contributed by atoms with Crippen molar-refractivity contribution in [3.05, 3.63) is 35.4 Å². The fourth-order valence-electron chi connectivity index (χ4n) is 3.14. The number of nitrogens with one attached hydrogen (secondary N) is 1. The van der Waals surface area contributed by atoms with Crippen molar-refractivity contribution in [3.8, 4) is 0 Å². The van der Waals surface area contributed by atoms with Crippen LogP contribution in [0.5, 0.6) is 0 Å².